The highest BCUT2D eigenvalue weighted by molar-refractivity contribution is 5.92. The quantitative estimate of drug-likeness (QED) is 0.849. The molecule has 1 saturated carbocycles. The number of hydrogen-bond acceptors (Lipinski definition) is 4. The molecule has 0 unspecified atom stereocenters. The van der Waals surface area contributed by atoms with Crippen LogP contribution in [-0.4, -0.2) is 25.4 Å². The van der Waals surface area contributed by atoms with Gasteiger partial charge in [-0.25, -0.2) is 4.52 Å². The van der Waals surface area contributed by atoms with E-state index in [1.165, 1.54) is 36.0 Å². The average molecular weight is 260 g/mol. The van der Waals surface area contributed by atoms with Crippen LogP contribution in [0.3, 0.4) is 0 Å². The fourth-order valence-corrected chi connectivity index (χ4v) is 2.67. The molecule has 0 bridgehead atoms. The molecule has 0 spiro atoms. The molecule has 0 saturated heterocycles. The molecular formula is C13H16N4O2. The summed E-state index contributed by atoms with van der Waals surface area (Å²) >= 11 is 0. The van der Waals surface area contributed by atoms with Gasteiger partial charge in [0.25, 0.3) is 5.56 Å². The van der Waals surface area contributed by atoms with Gasteiger partial charge in [0.2, 0.25) is 17.4 Å². The Hall–Kier alpha value is -1.98. The molecule has 0 amide bonds. The summed E-state index contributed by atoms with van der Waals surface area (Å²) < 4.78 is 1.43. The fraction of sp³-hybridized carbons (Fsp3) is 0.538. The standard InChI is InChI=1S/C13H16N4O2/c18-10(8-9-4-2-1-3-5-9)12-15-13-14-11(19)6-7-17(13)16-12/h6-7,9H,1-5,8H2,(H,14,15,16,19). The van der Waals surface area contributed by atoms with Crippen LogP contribution >= 0.6 is 0 Å². The second-order valence-electron chi connectivity index (χ2n) is 5.14. The van der Waals surface area contributed by atoms with E-state index in [1.807, 2.05) is 0 Å². The Morgan fingerprint density at radius 1 is 1.37 bits per heavy atom. The smallest absolute Gasteiger partial charge is 0.252 e. The lowest BCUT2D eigenvalue weighted by atomic mass is 9.86. The lowest BCUT2D eigenvalue weighted by molar-refractivity contribution is 0.0940. The van der Waals surface area contributed by atoms with Crippen molar-refractivity contribution in [2.75, 3.05) is 0 Å². The SMILES string of the molecule is O=C(CC1CCCCC1)c1nc2[nH]c(=O)ccn2n1. The minimum Gasteiger partial charge on any atom is -0.291 e. The average Bonchev–Trinajstić information content (AvgIpc) is 2.83. The van der Waals surface area contributed by atoms with Crippen molar-refractivity contribution in [1.29, 1.82) is 0 Å². The highest BCUT2D eigenvalue weighted by Gasteiger charge is 2.20. The van der Waals surface area contributed by atoms with E-state index in [0.717, 1.165) is 12.8 Å². The van der Waals surface area contributed by atoms with E-state index in [4.69, 9.17) is 0 Å². The van der Waals surface area contributed by atoms with Gasteiger partial charge in [-0.3, -0.25) is 14.6 Å². The number of ketones is 1. The van der Waals surface area contributed by atoms with Crippen LogP contribution in [0.5, 0.6) is 0 Å². The normalized spacial score (nSPS) is 16.8. The molecule has 1 aliphatic rings. The van der Waals surface area contributed by atoms with Gasteiger partial charge in [0.1, 0.15) is 0 Å². The third-order valence-corrected chi connectivity index (χ3v) is 3.68. The van der Waals surface area contributed by atoms with E-state index in [0.29, 0.717) is 18.1 Å². The topological polar surface area (TPSA) is 80.1 Å². The molecular weight excluding hydrogens is 244 g/mol. The molecule has 19 heavy (non-hydrogen) atoms. The Balaban J connectivity index is 1.79. The van der Waals surface area contributed by atoms with Crippen molar-refractivity contribution in [2.24, 2.45) is 5.92 Å². The molecule has 3 rings (SSSR count). The maximum absolute atomic E-state index is 12.1. The minimum atomic E-state index is -0.244. The lowest BCUT2D eigenvalue weighted by Gasteiger charge is -2.19. The van der Waals surface area contributed by atoms with E-state index in [9.17, 15) is 9.59 Å². The van der Waals surface area contributed by atoms with Crippen LogP contribution in [0.25, 0.3) is 5.78 Å². The number of fused-ring (bicyclic) bond motifs is 1. The Morgan fingerprint density at radius 2 is 2.16 bits per heavy atom. The summed E-state index contributed by atoms with van der Waals surface area (Å²) in [6.45, 7) is 0. The minimum absolute atomic E-state index is 0.0311. The number of carbonyl (C=O) groups excluding carboxylic acids is 1. The number of carbonyl (C=O) groups is 1. The molecule has 0 aromatic carbocycles. The number of rotatable bonds is 3. The second kappa shape index (κ2) is 4.95. The van der Waals surface area contributed by atoms with E-state index in [2.05, 4.69) is 15.1 Å². The second-order valence-corrected chi connectivity index (χ2v) is 5.14. The molecule has 1 N–H and O–H groups in total. The van der Waals surface area contributed by atoms with Crippen molar-refractivity contribution in [3.05, 3.63) is 28.4 Å². The molecule has 2 aromatic rings. The lowest BCUT2D eigenvalue weighted by Crippen LogP contribution is -2.13. The molecule has 2 heterocycles. The molecule has 0 aliphatic heterocycles. The van der Waals surface area contributed by atoms with Gasteiger partial charge in [-0.05, 0) is 5.92 Å². The largest absolute Gasteiger partial charge is 0.291 e. The van der Waals surface area contributed by atoms with Gasteiger partial charge in [0.15, 0.2) is 0 Å². The Morgan fingerprint density at radius 3 is 2.95 bits per heavy atom. The zero-order chi connectivity index (χ0) is 13.2. The molecule has 2 aromatic heterocycles. The number of nitrogens with zero attached hydrogens (tertiary/aromatic N) is 3. The van der Waals surface area contributed by atoms with Crippen LogP contribution < -0.4 is 5.56 Å². The summed E-state index contributed by atoms with van der Waals surface area (Å²) in [4.78, 5) is 29.9. The van der Waals surface area contributed by atoms with Gasteiger partial charge in [-0.15, -0.1) is 5.10 Å². The number of aromatic amines is 1. The van der Waals surface area contributed by atoms with Crippen LogP contribution in [0.1, 0.15) is 49.1 Å². The van der Waals surface area contributed by atoms with Crippen molar-refractivity contribution < 1.29 is 4.79 Å². The number of hydrogen-bond donors (Lipinski definition) is 1. The fourth-order valence-electron chi connectivity index (χ4n) is 2.67. The van der Waals surface area contributed by atoms with Crippen LogP contribution in [0, 0.1) is 5.92 Å². The number of nitrogens with one attached hydrogen (secondary N) is 1. The molecule has 0 radical (unpaired) electrons. The first-order valence-electron chi connectivity index (χ1n) is 6.71. The van der Waals surface area contributed by atoms with Gasteiger partial charge in [0.05, 0.1) is 0 Å². The van der Waals surface area contributed by atoms with Crippen molar-refractivity contribution >= 4 is 11.6 Å². The van der Waals surface area contributed by atoms with Gasteiger partial charge in [0, 0.05) is 18.7 Å². The summed E-state index contributed by atoms with van der Waals surface area (Å²) in [6, 6.07) is 1.36. The Kier molecular flexibility index (Phi) is 3.15. The summed E-state index contributed by atoms with van der Waals surface area (Å²) in [5.74, 6) is 0.954. The monoisotopic (exact) mass is 260 g/mol. The van der Waals surface area contributed by atoms with Crippen molar-refractivity contribution in [3.8, 4) is 0 Å². The highest BCUT2D eigenvalue weighted by atomic mass is 16.1. The van der Waals surface area contributed by atoms with Gasteiger partial charge < -0.3 is 0 Å². The predicted molar refractivity (Wildman–Crippen MR) is 69.1 cm³/mol. The summed E-state index contributed by atoms with van der Waals surface area (Å²) in [7, 11) is 0. The molecule has 100 valence electrons. The van der Waals surface area contributed by atoms with Gasteiger partial charge >= 0.3 is 0 Å². The molecule has 1 aliphatic carbocycles. The van der Waals surface area contributed by atoms with E-state index < -0.39 is 0 Å². The van der Waals surface area contributed by atoms with Crippen LogP contribution in [0.4, 0.5) is 0 Å². The van der Waals surface area contributed by atoms with Crippen LogP contribution in [0.2, 0.25) is 0 Å². The first kappa shape index (κ1) is 12.1. The maximum atomic E-state index is 12.1. The zero-order valence-corrected chi connectivity index (χ0v) is 10.6. The predicted octanol–water partition coefficient (Wildman–Crippen LogP) is 1.57. The third-order valence-electron chi connectivity index (χ3n) is 3.68. The third kappa shape index (κ3) is 2.57. The summed E-state index contributed by atoms with van der Waals surface area (Å²) in [6.07, 6.45) is 7.97. The molecule has 6 nitrogen and oxygen atoms in total. The van der Waals surface area contributed by atoms with Crippen molar-refractivity contribution in [2.45, 2.75) is 38.5 Å². The highest BCUT2D eigenvalue weighted by Crippen LogP contribution is 2.27. The van der Waals surface area contributed by atoms with Crippen LogP contribution in [0.15, 0.2) is 17.1 Å². The summed E-state index contributed by atoms with van der Waals surface area (Å²) in [5, 5.41) is 4.11. The molecule has 1 fully saturated rings. The molecule has 6 heteroatoms. The van der Waals surface area contributed by atoms with Crippen molar-refractivity contribution in [1.82, 2.24) is 19.6 Å². The van der Waals surface area contributed by atoms with E-state index in [1.54, 1.807) is 0 Å². The zero-order valence-electron chi connectivity index (χ0n) is 10.6. The van der Waals surface area contributed by atoms with Gasteiger partial charge in [-0.2, -0.15) is 4.98 Å². The maximum Gasteiger partial charge on any atom is 0.252 e. The number of Topliss-reactive ketones (excluding diaryl/α,β-unsaturated/α-hetero) is 1. The van der Waals surface area contributed by atoms with Crippen molar-refractivity contribution in [3.63, 3.8) is 0 Å². The van der Waals surface area contributed by atoms with Crippen LogP contribution in [-0.2, 0) is 0 Å². The summed E-state index contributed by atoms with van der Waals surface area (Å²) in [5.41, 5.74) is -0.244. The first-order valence-corrected chi connectivity index (χ1v) is 6.71. The van der Waals surface area contributed by atoms with E-state index >= 15 is 0 Å². The number of aromatic nitrogens is 4. The van der Waals surface area contributed by atoms with Gasteiger partial charge in [-0.1, -0.05) is 32.1 Å². The Labute approximate surface area is 109 Å². The number of H-pyrrole nitrogens is 1. The first-order chi connectivity index (χ1) is 9.22. The van der Waals surface area contributed by atoms with E-state index in [-0.39, 0.29) is 17.2 Å². The molecule has 0 atom stereocenters. The Bertz CT molecular complexity index is 652.